The van der Waals surface area contributed by atoms with Gasteiger partial charge in [-0.05, 0) is 65.9 Å². The topological polar surface area (TPSA) is 20.5 Å². The van der Waals surface area contributed by atoms with E-state index in [9.17, 15) is 0 Å². The number of benzene rings is 5. The fraction of sp³-hybridized carbons (Fsp3) is 0.119. The third-order valence-corrected chi connectivity index (χ3v) is 9.43. The van der Waals surface area contributed by atoms with Gasteiger partial charge in [-0.2, -0.15) is 0 Å². The first-order chi connectivity index (χ1) is 22.1. The van der Waals surface area contributed by atoms with Crippen LogP contribution in [0.25, 0.3) is 38.8 Å². The second kappa shape index (κ2) is 10.9. The Labute approximate surface area is 264 Å². The van der Waals surface area contributed by atoms with E-state index in [0.717, 1.165) is 23.5 Å². The van der Waals surface area contributed by atoms with Gasteiger partial charge in [0.25, 0.3) is 0 Å². The fourth-order valence-electron chi connectivity index (χ4n) is 7.01. The number of fused-ring (bicyclic) bond motifs is 3. The highest BCUT2D eigenvalue weighted by Gasteiger charge is 2.36. The van der Waals surface area contributed by atoms with Crippen molar-refractivity contribution in [1.29, 1.82) is 0 Å². The van der Waals surface area contributed by atoms with Crippen molar-refractivity contribution in [3.8, 4) is 5.69 Å². The van der Waals surface area contributed by atoms with Crippen LogP contribution in [0.15, 0.2) is 163 Å². The predicted molar refractivity (Wildman–Crippen MR) is 189 cm³/mol. The molecule has 218 valence electrons. The Morgan fingerprint density at radius 1 is 0.667 bits per heavy atom. The summed E-state index contributed by atoms with van der Waals surface area (Å²) in [7, 11) is 2.18. The summed E-state index contributed by atoms with van der Waals surface area (Å²) >= 11 is 0. The summed E-state index contributed by atoms with van der Waals surface area (Å²) in [4.78, 5) is 7.66. The average molecular weight is 582 g/mol. The normalized spacial score (nSPS) is 19.8. The SMILES string of the molecule is CN1C(C2(C)C=CC(c3ccc(-n4c5ccccc5c5ccccc54)cc3)=CC2)=NC(c2ccccc2)=CC1c1ccccc1. The molecule has 1 aromatic heterocycles. The van der Waals surface area contributed by atoms with Gasteiger partial charge in [0.2, 0.25) is 0 Å². The molecule has 5 aromatic carbocycles. The molecule has 0 bridgehead atoms. The molecule has 0 saturated carbocycles. The molecule has 0 amide bonds. The van der Waals surface area contributed by atoms with E-state index in [-0.39, 0.29) is 11.5 Å². The zero-order valence-electron chi connectivity index (χ0n) is 25.6. The second-order valence-electron chi connectivity index (χ2n) is 12.4. The number of likely N-dealkylation sites (N-methyl/N-ethyl adjacent to an activating group) is 1. The van der Waals surface area contributed by atoms with Gasteiger partial charge in [0, 0.05) is 28.9 Å². The summed E-state index contributed by atoms with van der Waals surface area (Å²) < 4.78 is 2.37. The molecule has 1 aliphatic heterocycles. The van der Waals surface area contributed by atoms with E-state index >= 15 is 0 Å². The molecule has 0 spiro atoms. The summed E-state index contributed by atoms with van der Waals surface area (Å²) in [5.41, 5.74) is 9.32. The van der Waals surface area contributed by atoms with Gasteiger partial charge < -0.3 is 9.47 Å². The van der Waals surface area contributed by atoms with Gasteiger partial charge in [0.05, 0.1) is 22.8 Å². The molecule has 0 radical (unpaired) electrons. The minimum absolute atomic E-state index is 0.109. The van der Waals surface area contributed by atoms with Crippen LogP contribution in [-0.4, -0.2) is 22.4 Å². The maximum atomic E-state index is 5.31. The van der Waals surface area contributed by atoms with Crippen molar-refractivity contribution in [1.82, 2.24) is 9.47 Å². The highest BCUT2D eigenvalue weighted by molar-refractivity contribution is 6.09. The quantitative estimate of drug-likeness (QED) is 0.198. The maximum absolute atomic E-state index is 5.31. The van der Waals surface area contributed by atoms with Crippen LogP contribution < -0.4 is 0 Å². The van der Waals surface area contributed by atoms with Crippen molar-refractivity contribution in [2.75, 3.05) is 7.05 Å². The molecule has 6 aromatic rings. The van der Waals surface area contributed by atoms with Gasteiger partial charge in [0.1, 0.15) is 5.84 Å². The molecule has 2 heterocycles. The molecule has 0 fully saturated rings. The Bertz CT molecular complexity index is 2090. The van der Waals surface area contributed by atoms with Crippen molar-refractivity contribution >= 4 is 38.9 Å². The molecule has 0 saturated heterocycles. The number of nitrogens with zero attached hydrogens (tertiary/aromatic N) is 3. The lowest BCUT2D eigenvalue weighted by Crippen LogP contribution is -2.43. The van der Waals surface area contributed by atoms with Crippen molar-refractivity contribution in [3.05, 3.63) is 174 Å². The number of aliphatic imine (C=N–C) groups is 1. The van der Waals surface area contributed by atoms with Crippen LogP contribution in [0.1, 0.15) is 36.1 Å². The first-order valence-electron chi connectivity index (χ1n) is 15.7. The van der Waals surface area contributed by atoms with Crippen LogP contribution in [-0.2, 0) is 0 Å². The van der Waals surface area contributed by atoms with Crippen LogP contribution in [0.5, 0.6) is 0 Å². The summed E-state index contributed by atoms with van der Waals surface area (Å²) in [5.74, 6) is 1.09. The first-order valence-corrected chi connectivity index (χ1v) is 15.7. The average Bonchev–Trinajstić information content (AvgIpc) is 3.44. The number of para-hydroxylation sites is 2. The molecular formula is C42H35N3. The van der Waals surface area contributed by atoms with Crippen LogP contribution in [0.2, 0.25) is 0 Å². The Balaban J connectivity index is 1.10. The monoisotopic (exact) mass is 581 g/mol. The Morgan fingerprint density at radius 2 is 1.27 bits per heavy atom. The van der Waals surface area contributed by atoms with Crippen molar-refractivity contribution in [2.24, 2.45) is 10.4 Å². The van der Waals surface area contributed by atoms with Gasteiger partial charge in [-0.1, -0.05) is 127 Å². The largest absolute Gasteiger partial charge is 0.352 e. The third kappa shape index (κ3) is 4.72. The second-order valence-corrected chi connectivity index (χ2v) is 12.4. The number of hydrogen-bond acceptors (Lipinski definition) is 2. The summed E-state index contributed by atoms with van der Waals surface area (Å²) in [6.45, 7) is 2.31. The van der Waals surface area contributed by atoms with Gasteiger partial charge in [-0.3, -0.25) is 0 Å². The van der Waals surface area contributed by atoms with Crippen molar-refractivity contribution in [3.63, 3.8) is 0 Å². The van der Waals surface area contributed by atoms with Gasteiger partial charge in [-0.15, -0.1) is 0 Å². The predicted octanol–water partition coefficient (Wildman–Crippen LogP) is 10.3. The highest BCUT2D eigenvalue weighted by atomic mass is 15.2. The Kier molecular flexibility index (Phi) is 6.60. The van der Waals surface area contributed by atoms with Crippen LogP contribution in [0.3, 0.4) is 0 Å². The lowest BCUT2D eigenvalue weighted by atomic mass is 9.78. The molecule has 8 rings (SSSR count). The van der Waals surface area contributed by atoms with Crippen LogP contribution >= 0.6 is 0 Å². The van der Waals surface area contributed by atoms with Gasteiger partial charge >= 0.3 is 0 Å². The van der Waals surface area contributed by atoms with E-state index in [4.69, 9.17) is 4.99 Å². The molecular weight excluding hydrogens is 546 g/mol. The maximum Gasteiger partial charge on any atom is 0.115 e. The van der Waals surface area contributed by atoms with E-state index in [2.05, 4.69) is 181 Å². The Morgan fingerprint density at radius 3 is 1.89 bits per heavy atom. The van der Waals surface area contributed by atoms with E-state index in [1.165, 1.54) is 44.2 Å². The van der Waals surface area contributed by atoms with E-state index in [0.29, 0.717) is 0 Å². The molecule has 45 heavy (non-hydrogen) atoms. The van der Waals surface area contributed by atoms with Crippen molar-refractivity contribution < 1.29 is 0 Å². The van der Waals surface area contributed by atoms with Gasteiger partial charge in [-0.25, -0.2) is 4.99 Å². The summed E-state index contributed by atoms with van der Waals surface area (Å²) in [6, 6.07) is 47.7. The summed E-state index contributed by atoms with van der Waals surface area (Å²) in [5, 5.41) is 2.56. The number of amidine groups is 1. The molecule has 1 aliphatic carbocycles. The molecule has 3 heteroatoms. The van der Waals surface area contributed by atoms with Crippen LogP contribution in [0.4, 0.5) is 0 Å². The van der Waals surface area contributed by atoms with E-state index < -0.39 is 0 Å². The molecule has 3 nitrogen and oxygen atoms in total. The highest BCUT2D eigenvalue weighted by Crippen LogP contribution is 2.41. The lowest BCUT2D eigenvalue weighted by Gasteiger charge is -2.41. The number of allylic oxidation sites excluding steroid dienone is 3. The molecule has 2 unspecified atom stereocenters. The fourth-order valence-corrected chi connectivity index (χ4v) is 7.01. The Hall–Kier alpha value is -5.41. The van der Waals surface area contributed by atoms with Crippen LogP contribution in [0, 0.1) is 5.41 Å². The van der Waals surface area contributed by atoms with Crippen molar-refractivity contribution in [2.45, 2.75) is 19.4 Å². The minimum Gasteiger partial charge on any atom is -0.352 e. The summed E-state index contributed by atoms with van der Waals surface area (Å²) in [6.07, 6.45) is 10.2. The van der Waals surface area contributed by atoms with E-state index in [1.54, 1.807) is 0 Å². The molecule has 0 N–H and O–H groups in total. The molecule has 2 aliphatic rings. The minimum atomic E-state index is -0.234. The lowest BCUT2D eigenvalue weighted by molar-refractivity contribution is 0.382. The van der Waals surface area contributed by atoms with E-state index in [1.807, 2.05) is 0 Å². The zero-order valence-corrected chi connectivity index (χ0v) is 25.6. The number of aromatic nitrogens is 1. The third-order valence-electron chi connectivity index (χ3n) is 9.43. The first kappa shape index (κ1) is 27.2. The van der Waals surface area contributed by atoms with Gasteiger partial charge in [0.15, 0.2) is 0 Å². The molecule has 2 atom stereocenters. The number of rotatable bonds is 5. The standard InChI is InChI=1S/C42H35N3/c1-42(41-43-37(32-13-5-3-6-14-32)29-40(44(41)2)33-15-7-4-8-16-33)27-25-31(26-28-42)30-21-23-34(24-22-30)45-38-19-11-9-17-35(38)36-18-10-12-20-39(36)45/h3-27,29,40H,28H2,1-2H3. The number of hydrogen-bond donors (Lipinski definition) is 0. The zero-order chi connectivity index (χ0) is 30.4. The smallest absolute Gasteiger partial charge is 0.115 e.